The van der Waals surface area contributed by atoms with Crippen molar-refractivity contribution in [1.29, 1.82) is 0 Å². The third-order valence-electron chi connectivity index (χ3n) is 4.88. The van der Waals surface area contributed by atoms with Gasteiger partial charge in [0.05, 0.1) is 12.7 Å². The minimum atomic E-state index is -0.681. The van der Waals surface area contributed by atoms with E-state index in [-0.39, 0.29) is 18.3 Å². The fourth-order valence-electron chi connectivity index (χ4n) is 3.45. The second-order valence-corrected chi connectivity index (χ2v) is 7.17. The highest BCUT2D eigenvalue weighted by Crippen LogP contribution is 2.27. The van der Waals surface area contributed by atoms with E-state index in [1.165, 1.54) is 12.3 Å². The molecule has 0 saturated carbocycles. The van der Waals surface area contributed by atoms with Gasteiger partial charge in [-0.25, -0.2) is 4.39 Å². The molecular formula is C22H22FN3O3. The lowest BCUT2D eigenvalue weighted by Crippen LogP contribution is -2.50. The monoisotopic (exact) mass is 395 g/mol. The molecule has 1 fully saturated rings. The van der Waals surface area contributed by atoms with Crippen LogP contribution < -0.4 is 10.1 Å². The van der Waals surface area contributed by atoms with E-state index in [1.807, 2.05) is 41.3 Å². The molecule has 1 amide bonds. The first kappa shape index (κ1) is 19.3. The Morgan fingerprint density at radius 2 is 1.97 bits per heavy atom. The summed E-state index contributed by atoms with van der Waals surface area (Å²) in [6.07, 6.45) is 2.14. The maximum atomic E-state index is 13.4. The number of ether oxygens (including phenoxy) is 1. The molecule has 7 heteroatoms. The van der Waals surface area contributed by atoms with Crippen molar-refractivity contribution in [3.8, 4) is 16.9 Å². The van der Waals surface area contributed by atoms with Crippen LogP contribution in [-0.2, 0) is 4.79 Å². The van der Waals surface area contributed by atoms with Gasteiger partial charge in [-0.3, -0.25) is 14.7 Å². The summed E-state index contributed by atoms with van der Waals surface area (Å²) < 4.78 is 19.2. The Bertz CT molecular complexity index is 1030. The summed E-state index contributed by atoms with van der Waals surface area (Å²) in [4.78, 5) is 17.2. The number of hydrogen-bond acceptors (Lipinski definition) is 5. The van der Waals surface area contributed by atoms with Gasteiger partial charge >= 0.3 is 0 Å². The average Bonchev–Trinajstić information content (AvgIpc) is 2.72. The number of nitrogens with zero attached hydrogens (tertiary/aromatic N) is 2. The molecule has 1 aliphatic rings. The molecule has 3 aromatic rings. The first-order chi connectivity index (χ1) is 14.1. The highest BCUT2D eigenvalue weighted by atomic mass is 19.1. The van der Waals surface area contributed by atoms with Gasteiger partial charge in [0.15, 0.2) is 0 Å². The Labute approximate surface area is 167 Å². The fourth-order valence-corrected chi connectivity index (χ4v) is 3.45. The zero-order chi connectivity index (χ0) is 20.2. The number of aliphatic hydroxyl groups excluding tert-OH is 1. The van der Waals surface area contributed by atoms with Gasteiger partial charge < -0.3 is 15.2 Å². The van der Waals surface area contributed by atoms with Crippen molar-refractivity contribution in [1.82, 2.24) is 15.2 Å². The zero-order valence-electron chi connectivity index (χ0n) is 15.8. The summed E-state index contributed by atoms with van der Waals surface area (Å²) >= 11 is 0. The SMILES string of the molecule is O=C1CN(CC(O)COc2ccc3cc(-c4cncc(F)c4)ccc3c2)CCN1. The van der Waals surface area contributed by atoms with Crippen molar-refractivity contribution in [2.75, 3.05) is 32.8 Å². The molecule has 29 heavy (non-hydrogen) atoms. The first-order valence-electron chi connectivity index (χ1n) is 9.51. The lowest BCUT2D eigenvalue weighted by Gasteiger charge is -2.28. The molecule has 1 aliphatic heterocycles. The molecule has 1 aromatic heterocycles. The molecule has 0 bridgehead atoms. The molecule has 0 spiro atoms. The molecule has 2 N–H and O–H groups in total. The number of hydrogen-bond donors (Lipinski definition) is 2. The number of aliphatic hydroxyl groups is 1. The molecular weight excluding hydrogens is 373 g/mol. The van der Waals surface area contributed by atoms with Crippen LogP contribution in [0.2, 0.25) is 0 Å². The summed E-state index contributed by atoms with van der Waals surface area (Å²) in [6, 6.07) is 13.0. The maximum absolute atomic E-state index is 13.4. The lowest BCUT2D eigenvalue weighted by atomic mass is 10.0. The van der Waals surface area contributed by atoms with Crippen LogP contribution in [0.1, 0.15) is 0 Å². The number of benzene rings is 2. The molecule has 150 valence electrons. The van der Waals surface area contributed by atoms with Crippen LogP contribution in [-0.4, -0.2) is 59.8 Å². The van der Waals surface area contributed by atoms with Crippen LogP contribution in [0.4, 0.5) is 4.39 Å². The molecule has 1 unspecified atom stereocenters. The molecule has 1 saturated heterocycles. The second-order valence-electron chi connectivity index (χ2n) is 7.17. The second kappa shape index (κ2) is 8.55. The van der Waals surface area contributed by atoms with Gasteiger partial charge in [0.25, 0.3) is 0 Å². The number of nitrogens with one attached hydrogen (secondary N) is 1. The average molecular weight is 395 g/mol. The van der Waals surface area contributed by atoms with Crippen LogP contribution in [0.5, 0.6) is 5.75 Å². The number of aromatic nitrogens is 1. The Morgan fingerprint density at radius 1 is 1.14 bits per heavy atom. The number of rotatable bonds is 6. The number of fused-ring (bicyclic) bond motifs is 1. The number of pyridine rings is 1. The van der Waals surface area contributed by atoms with Crippen LogP contribution in [0.25, 0.3) is 21.9 Å². The van der Waals surface area contributed by atoms with Crippen LogP contribution >= 0.6 is 0 Å². The number of halogens is 1. The van der Waals surface area contributed by atoms with Crippen LogP contribution in [0.15, 0.2) is 54.9 Å². The fraction of sp³-hybridized carbons (Fsp3) is 0.273. The predicted octanol–water partition coefficient (Wildman–Crippen LogP) is 2.21. The van der Waals surface area contributed by atoms with E-state index in [9.17, 15) is 14.3 Å². The van der Waals surface area contributed by atoms with Gasteiger partial charge in [-0.05, 0) is 40.6 Å². The highest BCUT2D eigenvalue weighted by molar-refractivity contribution is 5.88. The third kappa shape index (κ3) is 4.88. The van der Waals surface area contributed by atoms with Crippen LogP contribution in [0, 0.1) is 5.82 Å². The van der Waals surface area contributed by atoms with Crippen molar-refractivity contribution in [3.63, 3.8) is 0 Å². The van der Waals surface area contributed by atoms with E-state index in [0.717, 1.165) is 28.4 Å². The Kier molecular flexibility index (Phi) is 5.69. The zero-order valence-corrected chi connectivity index (χ0v) is 15.8. The Balaban J connectivity index is 1.40. The topological polar surface area (TPSA) is 74.7 Å². The molecule has 2 heterocycles. The number of β-amino-alcohol motifs (C(OH)–C–C–N with tert-alkyl or cyclic N) is 1. The summed E-state index contributed by atoms with van der Waals surface area (Å²) in [5, 5.41) is 15.0. The van der Waals surface area contributed by atoms with Crippen molar-refractivity contribution in [2.24, 2.45) is 0 Å². The molecule has 2 aromatic carbocycles. The highest BCUT2D eigenvalue weighted by Gasteiger charge is 2.19. The largest absolute Gasteiger partial charge is 0.491 e. The minimum Gasteiger partial charge on any atom is -0.491 e. The van der Waals surface area contributed by atoms with Crippen molar-refractivity contribution in [3.05, 3.63) is 60.7 Å². The smallest absolute Gasteiger partial charge is 0.234 e. The Hall–Kier alpha value is -3.03. The summed E-state index contributed by atoms with van der Waals surface area (Å²) in [5.41, 5.74) is 1.61. The normalized spacial score (nSPS) is 15.9. The van der Waals surface area contributed by atoms with E-state index in [0.29, 0.717) is 25.4 Å². The van der Waals surface area contributed by atoms with E-state index in [2.05, 4.69) is 10.3 Å². The van der Waals surface area contributed by atoms with Gasteiger partial charge in [-0.2, -0.15) is 0 Å². The molecule has 6 nitrogen and oxygen atoms in total. The minimum absolute atomic E-state index is 0.0210. The lowest BCUT2D eigenvalue weighted by molar-refractivity contribution is -0.124. The van der Waals surface area contributed by atoms with Gasteiger partial charge in [-0.1, -0.05) is 18.2 Å². The summed E-state index contributed by atoms with van der Waals surface area (Å²) in [5.74, 6) is 0.274. The maximum Gasteiger partial charge on any atom is 0.234 e. The Morgan fingerprint density at radius 3 is 2.79 bits per heavy atom. The third-order valence-corrected chi connectivity index (χ3v) is 4.88. The van der Waals surface area contributed by atoms with Crippen molar-refractivity contribution in [2.45, 2.75) is 6.10 Å². The molecule has 0 aliphatic carbocycles. The molecule has 4 rings (SSSR count). The number of piperazine rings is 1. The molecule has 0 radical (unpaired) electrons. The summed E-state index contributed by atoms with van der Waals surface area (Å²) in [6.45, 7) is 2.17. The first-order valence-corrected chi connectivity index (χ1v) is 9.51. The standard InChI is InChI=1S/C22H22FN3O3/c23-19-8-18(10-24-11-19)16-1-2-17-9-21(4-3-15(17)7-16)29-14-20(27)12-26-6-5-25-22(28)13-26/h1-4,7-11,20,27H,5-6,12-14H2,(H,25,28). The van der Waals surface area contributed by atoms with Crippen molar-refractivity contribution < 1.29 is 19.0 Å². The summed E-state index contributed by atoms with van der Waals surface area (Å²) in [7, 11) is 0. The van der Waals surface area contributed by atoms with Gasteiger partial charge in [-0.15, -0.1) is 0 Å². The van der Waals surface area contributed by atoms with E-state index in [4.69, 9.17) is 4.74 Å². The van der Waals surface area contributed by atoms with Crippen molar-refractivity contribution >= 4 is 16.7 Å². The van der Waals surface area contributed by atoms with Crippen LogP contribution in [0.3, 0.4) is 0 Å². The number of carbonyl (C=O) groups excluding carboxylic acids is 1. The number of amides is 1. The van der Waals surface area contributed by atoms with E-state index in [1.54, 1.807) is 6.20 Å². The van der Waals surface area contributed by atoms with Gasteiger partial charge in [0.2, 0.25) is 5.91 Å². The van der Waals surface area contributed by atoms with Gasteiger partial charge in [0.1, 0.15) is 24.3 Å². The number of carbonyl (C=O) groups is 1. The quantitative estimate of drug-likeness (QED) is 0.670. The van der Waals surface area contributed by atoms with Gasteiger partial charge in [0, 0.05) is 31.4 Å². The van der Waals surface area contributed by atoms with E-state index < -0.39 is 6.10 Å². The molecule has 1 atom stereocenters. The van der Waals surface area contributed by atoms with E-state index >= 15 is 0 Å². The predicted molar refractivity (Wildman–Crippen MR) is 108 cm³/mol.